The smallest absolute Gasteiger partial charge is 0.251 e. The number of ether oxygens (including phenoxy) is 1. The molecule has 6 heteroatoms. The number of carbonyl (C=O) groups excluding carboxylic acids is 2. The summed E-state index contributed by atoms with van der Waals surface area (Å²) in [4.78, 5) is 26.8. The molecule has 1 N–H and O–H groups in total. The number of hydrogen-bond donors (Lipinski definition) is 1. The second-order valence-electron chi connectivity index (χ2n) is 6.93. The summed E-state index contributed by atoms with van der Waals surface area (Å²) >= 11 is 5.84. The zero-order chi connectivity index (χ0) is 20.1. The zero-order valence-electron chi connectivity index (χ0n) is 16.3. The fourth-order valence-electron chi connectivity index (χ4n) is 3.55. The summed E-state index contributed by atoms with van der Waals surface area (Å²) in [7, 11) is 1.63. The van der Waals surface area contributed by atoms with Crippen LogP contribution in [-0.4, -0.2) is 32.0 Å². The Hall–Kier alpha value is -2.53. The molecule has 1 aliphatic rings. The minimum atomic E-state index is -0.162. The van der Waals surface area contributed by atoms with Crippen LogP contribution >= 0.6 is 11.6 Å². The van der Waals surface area contributed by atoms with Crippen LogP contribution in [0.4, 0.5) is 5.69 Å². The van der Waals surface area contributed by atoms with Crippen LogP contribution in [-0.2, 0) is 11.2 Å². The van der Waals surface area contributed by atoms with Crippen LogP contribution in [0, 0.1) is 6.92 Å². The number of amides is 2. The molecule has 148 valence electrons. The van der Waals surface area contributed by atoms with E-state index in [1.54, 1.807) is 31.4 Å². The Morgan fingerprint density at radius 1 is 1.18 bits per heavy atom. The van der Waals surface area contributed by atoms with Crippen molar-refractivity contribution in [3.63, 3.8) is 0 Å². The van der Waals surface area contributed by atoms with E-state index in [-0.39, 0.29) is 11.8 Å². The predicted octanol–water partition coefficient (Wildman–Crippen LogP) is 4.15. The highest BCUT2D eigenvalue weighted by Gasteiger charge is 2.26. The van der Waals surface area contributed by atoms with E-state index in [2.05, 4.69) is 12.2 Å². The highest BCUT2D eigenvalue weighted by Crippen LogP contribution is 2.38. The Morgan fingerprint density at radius 2 is 1.93 bits per heavy atom. The molecule has 0 spiro atoms. The first kappa shape index (κ1) is 20.2. The van der Waals surface area contributed by atoms with Crippen LogP contribution in [0.3, 0.4) is 0 Å². The zero-order valence-corrected chi connectivity index (χ0v) is 17.0. The Bertz CT molecular complexity index is 865. The van der Waals surface area contributed by atoms with Gasteiger partial charge in [0.25, 0.3) is 5.91 Å². The minimum Gasteiger partial charge on any atom is -0.495 e. The molecule has 0 radical (unpaired) electrons. The normalized spacial score (nSPS) is 13.0. The van der Waals surface area contributed by atoms with Gasteiger partial charge in [-0.3, -0.25) is 9.59 Å². The number of fused-ring (bicyclic) bond motifs is 1. The molecule has 1 heterocycles. The molecule has 3 rings (SSSR count). The van der Waals surface area contributed by atoms with Crippen LogP contribution < -0.4 is 15.0 Å². The van der Waals surface area contributed by atoms with Gasteiger partial charge in [-0.1, -0.05) is 17.7 Å². The lowest BCUT2D eigenvalue weighted by Crippen LogP contribution is -2.36. The third-order valence-electron chi connectivity index (χ3n) is 5.04. The van der Waals surface area contributed by atoms with Crippen molar-refractivity contribution < 1.29 is 14.3 Å². The summed E-state index contributed by atoms with van der Waals surface area (Å²) in [5.41, 5.74) is 3.84. The molecule has 0 unspecified atom stereocenters. The molecule has 0 atom stereocenters. The van der Waals surface area contributed by atoms with Gasteiger partial charge in [-0.25, -0.2) is 0 Å². The largest absolute Gasteiger partial charge is 0.495 e. The van der Waals surface area contributed by atoms with Gasteiger partial charge < -0.3 is 15.0 Å². The van der Waals surface area contributed by atoms with E-state index in [0.717, 1.165) is 24.3 Å². The quantitative estimate of drug-likeness (QED) is 0.741. The minimum absolute atomic E-state index is 0.0607. The van der Waals surface area contributed by atoms with E-state index in [1.165, 1.54) is 11.1 Å². The summed E-state index contributed by atoms with van der Waals surface area (Å²) in [5, 5.41) is 3.44. The average Bonchev–Trinajstić information content (AvgIpc) is 2.71. The highest BCUT2D eigenvalue weighted by molar-refractivity contribution is 6.30. The highest BCUT2D eigenvalue weighted by atomic mass is 35.5. The molecular formula is C22H25ClN2O3. The summed E-state index contributed by atoms with van der Waals surface area (Å²) < 4.78 is 5.50. The first-order valence-electron chi connectivity index (χ1n) is 9.52. The molecule has 0 bridgehead atoms. The lowest BCUT2D eigenvalue weighted by atomic mass is 9.96. The van der Waals surface area contributed by atoms with Crippen molar-refractivity contribution in [3.8, 4) is 5.75 Å². The van der Waals surface area contributed by atoms with Crippen LogP contribution in [0.2, 0.25) is 5.02 Å². The summed E-state index contributed by atoms with van der Waals surface area (Å²) in [6.45, 7) is 3.21. The Labute approximate surface area is 170 Å². The van der Waals surface area contributed by atoms with E-state index in [0.29, 0.717) is 36.5 Å². The molecule has 0 saturated heterocycles. The van der Waals surface area contributed by atoms with Gasteiger partial charge in [0.2, 0.25) is 5.91 Å². The molecule has 2 amide bonds. The first-order chi connectivity index (χ1) is 13.5. The fourth-order valence-corrected chi connectivity index (χ4v) is 3.67. The van der Waals surface area contributed by atoms with Gasteiger partial charge in [0.15, 0.2) is 0 Å². The molecule has 5 nitrogen and oxygen atoms in total. The van der Waals surface area contributed by atoms with Gasteiger partial charge in [-0.2, -0.15) is 0 Å². The molecule has 2 aromatic carbocycles. The van der Waals surface area contributed by atoms with E-state index < -0.39 is 0 Å². The van der Waals surface area contributed by atoms with E-state index >= 15 is 0 Å². The summed E-state index contributed by atoms with van der Waals surface area (Å²) in [6.07, 6.45) is 2.86. The number of carbonyl (C=O) groups is 2. The number of halogens is 1. The van der Waals surface area contributed by atoms with Crippen molar-refractivity contribution in [2.24, 2.45) is 0 Å². The molecule has 2 aromatic rings. The van der Waals surface area contributed by atoms with Gasteiger partial charge in [-0.15, -0.1) is 0 Å². The molecule has 28 heavy (non-hydrogen) atoms. The van der Waals surface area contributed by atoms with Crippen LogP contribution in [0.5, 0.6) is 5.75 Å². The lowest BCUT2D eigenvalue weighted by Gasteiger charge is -2.32. The summed E-state index contributed by atoms with van der Waals surface area (Å²) in [5.74, 6) is 0.639. The second-order valence-corrected chi connectivity index (χ2v) is 7.36. The van der Waals surface area contributed by atoms with Gasteiger partial charge in [0.1, 0.15) is 5.75 Å². The maximum absolute atomic E-state index is 12.8. The molecule has 0 saturated carbocycles. The van der Waals surface area contributed by atoms with E-state index in [1.807, 2.05) is 17.0 Å². The Kier molecular flexibility index (Phi) is 6.57. The van der Waals surface area contributed by atoms with Crippen molar-refractivity contribution in [1.29, 1.82) is 0 Å². The fraction of sp³-hybridized carbons (Fsp3) is 0.364. The number of nitrogens with zero attached hydrogens (tertiary/aromatic N) is 1. The lowest BCUT2D eigenvalue weighted by molar-refractivity contribution is -0.118. The average molecular weight is 401 g/mol. The van der Waals surface area contributed by atoms with Crippen LogP contribution in [0.25, 0.3) is 0 Å². The van der Waals surface area contributed by atoms with E-state index in [4.69, 9.17) is 16.3 Å². The van der Waals surface area contributed by atoms with Gasteiger partial charge in [0, 0.05) is 30.1 Å². The maximum Gasteiger partial charge on any atom is 0.251 e. The van der Waals surface area contributed by atoms with Crippen molar-refractivity contribution in [1.82, 2.24) is 5.32 Å². The first-order valence-corrected chi connectivity index (χ1v) is 9.89. The number of benzene rings is 2. The third kappa shape index (κ3) is 4.47. The van der Waals surface area contributed by atoms with Crippen molar-refractivity contribution in [3.05, 3.63) is 58.1 Å². The van der Waals surface area contributed by atoms with E-state index in [9.17, 15) is 9.59 Å². The predicted molar refractivity (Wildman–Crippen MR) is 111 cm³/mol. The Morgan fingerprint density at radius 3 is 2.64 bits per heavy atom. The number of aryl methyl sites for hydroxylation is 1. The topological polar surface area (TPSA) is 58.6 Å². The summed E-state index contributed by atoms with van der Waals surface area (Å²) in [6, 6.07) is 10.7. The van der Waals surface area contributed by atoms with Crippen molar-refractivity contribution in [2.45, 2.75) is 32.6 Å². The standard InChI is InChI=1S/C22H25ClN2O3/c1-15-7-12-19(28-2)21-18(15)5-4-14-25(21)20(26)6-3-13-24-22(27)16-8-10-17(23)11-9-16/h7-12H,3-6,13-14H2,1-2H3,(H,24,27). The van der Waals surface area contributed by atoms with Crippen LogP contribution in [0.15, 0.2) is 36.4 Å². The maximum atomic E-state index is 12.8. The number of anilines is 1. The number of hydrogen-bond acceptors (Lipinski definition) is 3. The SMILES string of the molecule is COc1ccc(C)c2c1N(C(=O)CCCNC(=O)c1ccc(Cl)cc1)CCC2. The van der Waals surface area contributed by atoms with Crippen molar-refractivity contribution in [2.75, 3.05) is 25.1 Å². The van der Waals surface area contributed by atoms with Gasteiger partial charge in [-0.05, 0) is 67.6 Å². The van der Waals surface area contributed by atoms with Crippen LogP contribution in [0.1, 0.15) is 40.7 Å². The molecule has 0 fully saturated rings. The molecular weight excluding hydrogens is 376 g/mol. The van der Waals surface area contributed by atoms with Gasteiger partial charge in [0.05, 0.1) is 12.8 Å². The second kappa shape index (κ2) is 9.11. The molecule has 0 aromatic heterocycles. The Balaban J connectivity index is 1.57. The monoisotopic (exact) mass is 400 g/mol. The number of rotatable bonds is 6. The number of nitrogens with one attached hydrogen (secondary N) is 1. The van der Waals surface area contributed by atoms with Gasteiger partial charge >= 0.3 is 0 Å². The number of methoxy groups -OCH3 is 1. The third-order valence-corrected chi connectivity index (χ3v) is 5.29. The molecule has 0 aliphatic carbocycles. The molecule has 1 aliphatic heterocycles. The van der Waals surface area contributed by atoms with Crippen molar-refractivity contribution >= 4 is 29.1 Å².